The molecule has 0 aromatic heterocycles. The van der Waals surface area contributed by atoms with Gasteiger partial charge in [0.05, 0.1) is 13.2 Å². The van der Waals surface area contributed by atoms with Gasteiger partial charge in [-0.1, -0.05) is 0 Å². The lowest BCUT2D eigenvalue weighted by molar-refractivity contribution is -0.149. The molecule has 4 nitrogen and oxygen atoms in total. The molecule has 0 bridgehead atoms. The van der Waals surface area contributed by atoms with Crippen LogP contribution in [0.5, 0.6) is 0 Å². The van der Waals surface area contributed by atoms with Crippen LogP contribution in [-0.2, 0) is 18.9 Å². The van der Waals surface area contributed by atoms with Gasteiger partial charge in [-0.15, -0.1) is 0 Å². The number of hydrogen-bond acceptors (Lipinski definition) is 4. The summed E-state index contributed by atoms with van der Waals surface area (Å²) in [4.78, 5) is 0. The Morgan fingerprint density at radius 3 is 1.62 bits per heavy atom. The van der Waals surface area contributed by atoms with Gasteiger partial charge in [-0.25, -0.2) is 0 Å². The highest BCUT2D eigenvalue weighted by Gasteiger charge is 2.55. The van der Waals surface area contributed by atoms with Gasteiger partial charge in [-0.05, 0) is 13.8 Å². The van der Waals surface area contributed by atoms with Gasteiger partial charge in [0.2, 0.25) is 0 Å². The van der Waals surface area contributed by atoms with Crippen molar-refractivity contribution >= 4 is 0 Å². The summed E-state index contributed by atoms with van der Waals surface area (Å²) >= 11 is 0. The highest BCUT2D eigenvalue weighted by Crippen LogP contribution is 2.39. The molecule has 4 heteroatoms. The molecule has 0 unspecified atom stereocenters. The molecular formula is C9H14O4. The number of ether oxygens (including phenoxy) is 4. The fraction of sp³-hybridized carbons (Fsp3) is 1.00. The minimum absolute atomic E-state index is 0.0718. The molecule has 3 heterocycles. The van der Waals surface area contributed by atoms with Gasteiger partial charge in [0, 0.05) is 0 Å². The van der Waals surface area contributed by atoms with Gasteiger partial charge < -0.3 is 18.9 Å². The van der Waals surface area contributed by atoms with Gasteiger partial charge in [-0.2, -0.15) is 0 Å². The Labute approximate surface area is 77.1 Å². The van der Waals surface area contributed by atoms with Crippen LogP contribution in [0.1, 0.15) is 13.8 Å². The van der Waals surface area contributed by atoms with E-state index in [9.17, 15) is 0 Å². The monoisotopic (exact) mass is 186 g/mol. The minimum atomic E-state index is -0.479. The first kappa shape index (κ1) is 8.17. The predicted octanol–water partition coefficient (Wildman–Crippen LogP) is 0.304. The van der Waals surface area contributed by atoms with E-state index in [1.54, 1.807) is 0 Å². The third-order valence-corrected chi connectivity index (χ3v) is 2.61. The fourth-order valence-corrected chi connectivity index (χ4v) is 1.88. The second-order valence-corrected chi connectivity index (χ2v) is 4.31. The molecule has 4 atom stereocenters. The number of epoxide rings is 2. The van der Waals surface area contributed by atoms with Crippen molar-refractivity contribution in [3.05, 3.63) is 0 Å². The van der Waals surface area contributed by atoms with E-state index in [1.807, 2.05) is 13.8 Å². The summed E-state index contributed by atoms with van der Waals surface area (Å²) in [6, 6.07) is 0. The lowest BCUT2D eigenvalue weighted by atomic mass is 10.1. The van der Waals surface area contributed by atoms with E-state index in [-0.39, 0.29) is 24.4 Å². The molecule has 0 aromatic rings. The summed E-state index contributed by atoms with van der Waals surface area (Å²) in [5, 5.41) is 0. The molecule has 0 saturated carbocycles. The largest absolute Gasteiger partial charge is 0.370 e. The molecule has 3 rings (SSSR count). The Balaban J connectivity index is 1.75. The summed E-state index contributed by atoms with van der Waals surface area (Å²) in [5.74, 6) is -0.479. The highest BCUT2D eigenvalue weighted by molar-refractivity contribution is 4.98. The van der Waals surface area contributed by atoms with E-state index in [2.05, 4.69) is 0 Å². The van der Waals surface area contributed by atoms with Crippen molar-refractivity contribution in [2.24, 2.45) is 0 Å². The maximum Gasteiger partial charge on any atom is 0.164 e. The van der Waals surface area contributed by atoms with Gasteiger partial charge >= 0.3 is 0 Å². The van der Waals surface area contributed by atoms with Crippen molar-refractivity contribution < 1.29 is 18.9 Å². The molecule has 74 valence electrons. The maximum atomic E-state index is 5.76. The Morgan fingerprint density at radius 1 is 0.923 bits per heavy atom. The quantitative estimate of drug-likeness (QED) is 0.582. The molecule has 0 aromatic carbocycles. The van der Waals surface area contributed by atoms with Crippen molar-refractivity contribution in [2.75, 3.05) is 13.2 Å². The van der Waals surface area contributed by atoms with Crippen LogP contribution < -0.4 is 0 Å². The summed E-state index contributed by atoms with van der Waals surface area (Å²) in [6.45, 7) is 5.47. The van der Waals surface area contributed by atoms with Crippen LogP contribution in [0.4, 0.5) is 0 Å². The van der Waals surface area contributed by atoms with Crippen molar-refractivity contribution in [3.63, 3.8) is 0 Å². The van der Waals surface area contributed by atoms with Crippen molar-refractivity contribution in [2.45, 2.75) is 44.1 Å². The summed E-state index contributed by atoms with van der Waals surface area (Å²) in [6.07, 6.45) is 0.608. The van der Waals surface area contributed by atoms with Crippen LogP contribution in [0.3, 0.4) is 0 Å². The standard InChI is InChI=1S/C9H14O4/c1-9(2)12-7(5-3-10-5)8(13-9)6-4-11-6/h5-8H,3-4H2,1-2H3/t5-,6-,7+,8+/m1/s1. The van der Waals surface area contributed by atoms with Crippen LogP contribution in [0.25, 0.3) is 0 Å². The Kier molecular flexibility index (Phi) is 1.54. The van der Waals surface area contributed by atoms with Gasteiger partial charge in [0.15, 0.2) is 5.79 Å². The van der Waals surface area contributed by atoms with E-state index in [0.717, 1.165) is 13.2 Å². The smallest absolute Gasteiger partial charge is 0.164 e. The SMILES string of the molecule is CC1(C)O[C@@H]([C@H]2CO2)[C@H]([C@H]2CO2)O1. The molecule has 3 aliphatic heterocycles. The fourth-order valence-electron chi connectivity index (χ4n) is 1.88. The Hall–Kier alpha value is -0.160. The van der Waals surface area contributed by atoms with Crippen LogP contribution in [0.2, 0.25) is 0 Å². The Bertz CT molecular complexity index is 198. The summed E-state index contributed by atoms with van der Waals surface area (Å²) in [5.41, 5.74) is 0. The normalized spacial score (nSPS) is 52.2. The molecule has 0 amide bonds. The zero-order chi connectivity index (χ0) is 9.05. The minimum Gasteiger partial charge on any atom is -0.370 e. The lowest BCUT2D eigenvalue weighted by Gasteiger charge is -2.16. The van der Waals surface area contributed by atoms with Crippen molar-refractivity contribution in [1.29, 1.82) is 0 Å². The van der Waals surface area contributed by atoms with E-state index < -0.39 is 5.79 Å². The average molecular weight is 186 g/mol. The van der Waals surface area contributed by atoms with Crippen LogP contribution in [0.15, 0.2) is 0 Å². The van der Waals surface area contributed by atoms with Gasteiger partial charge in [0.25, 0.3) is 0 Å². The van der Waals surface area contributed by atoms with Crippen LogP contribution >= 0.6 is 0 Å². The first-order valence-electron chi connectivity index (χ1n) is 4.74. The van der Waals surface area contributed by atoms with Crippen LogP contribution in [0, 0.1) is 0 Å². The molecule has 0 aliphatic carbocycles. The van der Waals surface area contributed by atoms with Gasteiger partial charge in [0.1, 0.15) is 24.4 Å². The Morgan fingerprint density at radius 2 is 1.31 bits per heavy atom. The molecule has 13 heavy (non-hydrogen) atoms. The predicted molar refractivity (Wildman–Crippen MR) is 43.3 cm³/mol. The lowest BCUT2D eigenvalue weighted by Crippen LogP contribution is -2.32. The molecule has 3 fully saturated rings. The maximum absolute atomic E-state index is 5.76. The molecular weight excluding hydrogens is 172 g/mol. The molecule has 3 saturated heterocycles. The van der Waals surface area contributed by atoms with E-state index >= 15 is 0 Å². The molecule has 0 spiro atoms. The van der Waals surface area contributed by atoms with Crippen molar-refractivity contribution in [1.82, 2.24) is 0 Å². The van der Waals surface area contributed by atoms with Gasteiger partial charge in [-0.3, -0.25) is 0 Å². The second-order valence-electron chi connectivity index (χ2n) is 4.31. The zero-order valence-corrected chi connectivity index (χ0v) is 7.86. The van der Waals surface area contributed by atoms with E-state index in [1.165, 1.54) is 0 Å². The van der Waals surface area contributed by atoms with E-state index in [0.29, 0.717) is 0 Å². The average Bonchev–Trinajstić information content (AvgIpc) is 2.90. The molecule has 0 N–H and O–H groups in total. The zero-order valence-electron chi connectivity index (χ0n) is 7.86. The summed E-state index contributed by atoms with van der Waals surface area (Å²) < 4.78 is 22.0. The molecule has 3 aliphatic rings. The topological polar surface area (TPSA) is 43.5 Å². The molecule has 0 radical (unpaired) electrons. The second kappa shape index (κ2) is 2.45. The van der Waals surface area contributed by atoms with Crippen molar-refractivity contribution in [3.8, 4) is 0 Å². The first-order valence-corrected chi connectivity index (χ1v) is 4.74. The van der Waals surface area contributed by atoms with E-state index in [4.69, 9.17) is 18.9 Å². The third-order valence-electron chi connectivity index (χ3n) is 2.61. The van der Waals surface area contributed by atoms with Crippen LogP contribution in [-0.4, -0.2) is 43.4 Å². The number of hydrogen-bond donors (Lipinski definition) is 0. The summed E-state index contributed by atoms with van der Waals surface area (Å²) in [7, 11) is 0. The third kappa shape index (κ3) is 1.48. The highest BCUT2D eigenvalue weighted by atomic mass is 16.8. The first-order chi connectivity index (χ1) is 6.16. The number of rotatable bonds is 2.